The number of nitrogens with zero attached hydrogens (tertiary/aromatic N) is 2. The van der Waals surface area contributed by atoms with E-state index < -0.39 is 6.04 Å². The second-order valence-corrected chi connectivity index (χ2v) is 9.76. The predicted octanol–water partition coefficient (Wildman–Crippen LogP) is 3.93. The Morgan fingerprint density at radius 3 is 2.78 bits per heavy atom. The molecule has 1 N–H and O–H groups in total. The summed E-state index contributed by atoms with van der Waals surface area (Å²) in [7, 11) is 1.57. The summed E-state index contributed by atoms with van der Waals surface area (Å²) in [5.41, 5.74) is 4.45. The minimum Gasteiger partial charge on any atom is -0.464 e. The second kappa shape index (κ2) is 13.5. The number of allylic oxidation sites excluding steroid dienone is 4. The molecule has 2 heterocycles. The summed E-state index contributed by atoms with van der Waals surface area (Å²) in [5, 5.41) is 3.26. The van der Waals surface area contributed by atoms with Crippen LogP contribution in [0.2, 0.25) is 0 Å². The summed E-state index contributed by atoms with van der Waals surface area (Å²) in [6.07, 6.45) is 5.73. The number of esters is 1. The van der Waals surface area contributed by atoms with Crippen LogP contribution < -0.4 is 5.32 Å². The zero-order valence-corrected chi connectivity index (χ0v) is 22.1. The molecule has 0 radical (unpaired) electrons. The van der Waals surface area contributed by atoms with Gasteiger partial charge in [-0.1, -0.05) is 26.0 Å². The standard InChI is InChI=1S/C28H39N3O5/c1-6-23(11-20(4)15-32)27-30-24-12-21(7-8-26(24)31(27)14-22-9-10-35-17-22)13-29-25(18-34-5)28(33)36-16-19(2)3/h6-8,11-12,15,19,22,25,29H,9-10,13-14,16-18H2,1-5H3/b20-11-,23-6+. The average Bonchev–Trinajstić information content (AvgIpc) is 3.51. The number of methoxy groups -OCH3 is 1. The second-order valence-electron chi connectivity index (χ2n) is 9.76. The number of ether oxygens (including phenoxy) is 3. The molecule has 1 aliphatic rings. The van der Waals surface area contributed by atoms with Crippen LogP contribution >= 0.6 is 0 Å². The van der Waals surface area contributed by atoms with Gasteiger partial charge in [0.15, 0.2) is 0 Å². The van der Waals surface area contributed by atoms with Gasteiger partial charge in [-0.3, -0.25) is 14.9 Å². The average molecular weight is 498 g/mol. The number of carbonyl (C=O) groups is 2. The van der Waals surface area contributed by atoms with E-state index in [1.54, 1.807) is 14.0 Å². The topological polar surface area (TPSA) is 91.7 Å². The lowest BCUT2D eigenvalue weighted by molar-refractivity contribution is -0.148. The summed E-state index contributed by atoms with van der Waals surface area (Å²) >= 11 is 0. The van der Waals surface area contributed by atoms with Crippen molar-refractivity contribution in [2.75, 3.05) is 33.5 Å². The number of aromatic nitrogens is 2. The van der Waals surface area contributed by atoms with Crippen LogP contribution in [-0.2, 0) is 36.9 Å². The van der Waals surface area contributed by atoms with Gasteiger partial charge in [0.2, 0.25) is 0 Å². The minimum absolute atomic E-state index is 0.231. The Hall–Kier alpha value is -2.81. The Morgan fingerprint density at radius 2 is 2.14 bits per heavy atom. The van der Waals surface area contributed by atoms with Crippen LogP contribution in [0.25, 0.3) is 16.6 Å². The molecule has 3 rings (SSSR count). The summed E-state index contributed by atoms with van der Waals surface area (Å²) in [5.74, 6) is 1.21. The summed E-state index contributed by atoms with van der Waals surface area (Å²) in [6, 6.07) is 5.62. The number of aldehydes is 1. The van der Waals surface area contributed by atoms with Crippen molar-refractivity contribution >= 4 is 28.9 Å². The van der Waals surface area contributed by atoms with Gasteiger partial charge in [-0.05, 0) is 55.5 Å². The highest BCUT2D eigenvalue weighted by Gasteiger charge is 2.22. The van der Waals surface area contributed by atoms with Crippen LogP contribution in [0.15, 0.2) is 35.9 Å². The van der Waals surface area contributed by atoms with Crippen molar-refractivity contribution in [3.05, 3.63) is 47.3 Å². The first-order valence-electron chi connectivity index (χ1n) is 12.6. The lowest BCUT2D eigenvalue weighted by Gasteiger charge is -2.18. The lowest BCUT2D eigenvalue weighted by Crippen LogP contribution is -2.41. The van der Waals surface area contributed by atoms with Crippen molar-refractivity contribution in [3.63, 3.8) is 0 Å². The Morgan fingerprint density at radius 1 is 1.33 bits per heavy atom. The quantitative estimate of drug-likeness (QED) is 0.194. The molecule has 1 fully saturated rings. The molecule has 36 heavy (non-hydrogen) atoms. The first-order valence-corrected chi connectivity index (χ1v) is 12.6. The van der Waals surface area contributed by atoms with Crippen LogP contribution in [0.5, 0.6) is 0 Å². The SMILES string of the molecule is C/C=C(\C=C(\C)C=O)c1nc2cc(CNC(COC)C(=O)OCC(C)C)ccc2n1CC1CCOC1. The number of benzene rings is 1. The molecule has 1 aromatic carbocycles. The number of imidazole rings is 1. The number of nitrogens with one attached hydrogen (secondary N) is 1. The molecule has 8 heteroatoms. The molecule has 0 bridgehead atoms. The third-order valence-electron chi connectivity index (χ3n) is 6.15. The smallest absolute Gasteiger partial charge is 0.325 e. The highest BCUT2D eigenvalue weighted by atomic mass is 16.5. The van der Waals surface area contributed by atoms with Crippen LogP contribution in [0.3, 0.4) is 0 Å². The van der Waals surface area contributed by atoms with Gasteiger partial charge in [-0.15, -0.1) is 0 Å². The fourth-order valence-electron chi connectivity index (χ4n) is 4.20. The van der Waals surface area contributed by atoms with Crippen LogP contribution in [0, 0.1) is 11.8 Å². The number of rotatable bonds is 13. The molecular weight excluding hydrogens is 458 g/mol. The molecule has 0 amide bonds. The van der Waals surface area contributed by atoms with E-state index in [1.165, 1.54) is 0 Å². The Balaban J connectivity index is 1.87. The van der Waals surface area contributed by atoms with E-state index in [1.807, 2.05) is 45.1 Å². The monoisotopic (exact) mass is 497 g/mol. The van der Waals surface area contributed by atoms with E-state index in [4.69, 9.17) is 19.2 Å². The third kappa shape index (κ3) is 7.35. The zero-order chi connectivity index (χ0) is 26.1. The van der Waals surface area contributed by atoms with Gasteiger partial charge in [0, 0.05) is 38.3 Å². The fourth-order valence-corrected chi connectivity index (χ4v) is 4.20. The summed E-state index contributed by atoms with van der Waals surface area (Å²) in [6.45, 7) is 11.2. The van der Waals surface area contributed by atoms with Crippen molar-refractivity contribution in [1.82, 2.24) is 14.9 Å². The summed E-state index contributed by atoms with van der Waals surface area (Å²) in [4.78, 5) is 28.7. The van der Waals surface area contributed by atoms with E-state index in [9.17, 15) is 9.59 Å². The first-order chi connectivity index (χ1) is 17.4. The molecule has 0 spiro atoms. The number of carbonyl (C=O) groups excluding carboxylic acids is 2. The largest absolute Gasteiger partial charge is 0.464 e. The maximum atomic E-state index is 12.5. The molecule has 2 unspecified atom stereocenters. The van der Waals surface area contributed by atoms with Gasteiger partial charge < -0.3 is 18.8 Å². The molecule has 196 valence electrons. The highest BCUT2D eigenvalue weighted by molar-refractivity contribution is 5.86. The molecule has 0 aliphatic carbocycles. The zero-order valence-electron chi connectivity index (χ0n) is 22.1. The van der Waals surface area contributed by atoms with Gasteiger partial charge >= 0.3 is 5.97 Å². The third-order valence-corrected chi connectivity index (χ3v) is 6.15. The molecule has 2 atom stereocenters. The van der Waals surface area contributed by atoms with E-state index in [2.05, 4.69) is 16.0 Å². The first kappa shape index (κ1) is 27.8. The van der Waals surface area contributed by atoms with Crippen LogP contribution in [0.4, 0.5) is 0 Å². The van der Waals surface area contributed by atoms with Crippen LogP contribution in [-0.4, -0.2) is 61.4 Å². The maximum absolute atomic E-state index is 12.5. The highest BCUT2D eigenvalue weighted by Crippen LogP contribution is 2.27. The van der Waals surface area contributed by atoms with Crippen molar-refractivity contribution < 1.29 is 23.8 Å². The maximum Gasteiger partial charge on any atom is 0.325 e. The van der Waals surface area contributed by atoms with Gasteiger partial charge in [0.25, 0.3) is 0 Å². The predicted molar refractivity (Wildman–Crippen MR) is 140 cm³/mol. The normalized spacial score (nSPS) is 17.7. The lowest BCUT2D eigenvalue weighted by atomic mass is 10.1. The van der Waals surface area contributed by atoms with E-state index in [0.29, 0.717) is 24.6 Å². The van der Waals surface area contributed by atoms with Crippen LogP contribution in [0.1, 0.15) is 45.5 Å². The number of hydrogen-bond donors (Lipinski definition) is 1. The van der Waals surface area contributed by atoms with Gasteiger partial charge in [-0.2, -0.15) is 0 Å². The van der Waals surface area contributed by atoms with Gasteiger partial charge in [0.05, 0.1) is 30.9 Å². The summed E-state index contributed by atoms with van der Waals surface area (Å²) < 4.78 is 18.5. The fraction of sp³-hybridized carbons (Fsp3) is 0.536. The molecular formula is C28H39N3O5. The van der Waals surface area contributed by atoms with E-state index >= 15 is 0 Å². The Labute approximate surface area is 213 Å². The van der Waals surface area contributed by atoms with E-state index in [-0.39, 0.29) is 18.5 Å². The van der Waals surface area contributed by atoms with Crippen molar-refractivity contribution in [2.45, 2.75) is 53.2 Å². The number of fused-ring (bicyclic) bond motifs is 1. The molecule has 1 saturated heterocycles. The van der Waals surface area contributed by atoms with Crippen molar-refractivity contribution in [1.29, 1.82) is 0 Å². The molecule has 8 nitrogen and oxygen atoms in total. The van der Waals surface area contributed by atoms with Crippen molar-refractivity contribution in [2.24, 2.45) is 11.8 Å². The molecule has 0 saturated carbocycles. The molecule has 1 aromatic heterocycles. The molecule has 2 aromatic rings. The number of hydrogen-bond acceptors (Lipinski definition) is 7. The van der Waals surface area contributed by atoms with E-state index in [0.717, 1.165) is 60.5 Å². The Kier molecular flexibility index (Phi) is 10.4. The minimum atomic E-state index is -0.550. The van der Waals surface area contributed by atoms with Crippen molar-refractivity contribution in [3.8, 4) is 0 Å². The van der Waals surface area contributed by atoms with Gasteiger partial charge in [0.1, 0.15) is 18.2 Å². The Bertz CT molecular complexity index is 1100. The van der Waals surface area contributed by atoms with Gasteiger partial charge in [-0.25, -0.2) is 4.98 Å². The molecule has 1 aliphatic heterocycles.